The summed E-state index contributed by atoms with van der Waals surface area (Å²) < 4.78 is 52.3. The van der Waals surface area contributed by atoms with Crippen LogP contribution in [0, 0.1) is 0 Å². The number of likely N-dealkylation sites (tertiary alicyclic amines) is 1. The molecular weight excluding hydrogens is 467 g/mol. The van der Waals surface area contributed by atoms with E-state index in [-0.39, 0.29) is 36.3 Å². The van der Waals surface area contributed by atoms with E-state index in [1.807, 2.05) is 0 Å². The largest absolute Gasteiger partial charge is 0.493 e. The van der Waals surface area contributed by atoms with Gasteiger partial charge in [0.2, 0.25) is 11.8 Å². The Labute approximate surface area is 197 Å². The van der Waals surface area contributed by atoms with Crippen LogP contribution < -0.4 is 15.2 Å². The number of fused-ring (bicyclic) bond motifs is 5. The predicted molar refractivity (Wildman–Crippen MR) is 118 cm³/mol. The van der Waals surface area contributed by atoms with Crippen molar-refractivity contribution in [2.75, 3.05) is 20.8 Å². The minimum absolute atomic E-state index is 0.0723. The Morgan fingerprint density at radius 2 is 1.86 bits per heavy atom. The van der Waals surface area contributed by atoms with Crippen LogP contribution in [0.3, 0.4) is 0 Å². The van der Waals surface area contributed by atoms with Crippen molar-refractivity contribution in [3.8, 4) is 23.1 Å². The molecule has 2 aliphatic heterocycles. The first kappa shape index (κ1) is 22.9. The molecule has 1 fully saturated rings. The van der Waals surface area contributed by atoms with Crippen molar-refractivity contribution in [3.05, 3.63) is 69.8 Å². The summed E-state index contributed by atoms with van der Waals surface area (Å²) in [6.45, 7) is 0.274. The van der Waals surface area contributed by atoms with Gasteiger partial charge in [0, 0.05) is 6.54 Å². The van der Waals surface area contributed by atoms with Gasteiger partial charge in [-0.3, -0.25) is 9.36 Å². The minimum Gasteiger partial charge on any atom is -0.493 e. The van der Waals surface area contributed by atoms with Gasteiger partial charge in [0.05, 0.1) is 44.0 Å². The van der Waals surface area contributed by atoms with E-state index in [0.29, 0.717) is 23.5 Å². The number of amides is 1. The second kappa shape index (κ2) is 8.10. The van der Waals surface area contributed by atoms with E-state index >= 15 is 0 Å². The molecule has 0 radical (unpaired) electrons. The van der Waals surface area contributed by atoms with Crippen LogP contribution in [0.15, 0.2) is 47.3 Å². The Hall–Kier alpha value is -3.89. The predicted octanol–water partition coefficient (Wildman–Crippen LogP) is 3.45. The second-order valence-corrected chi connectivity index (χ2v) is 8.56. The summed E-state index contributed by atoms with van der Waals surface area (Å²) in [5, 5.41) is 10.9. The monoisotopic (exact) mass is 489 g/mol. The van der Waals surface area contributed by atoms with Crippen molar-refractivity contribution >= 4 is 5.91 Å². The van der Waals surface area contributed by atoms with Crippen LogP contribution in [0.1, 0.15) is 35.3 Å². The number of carbonyl (C=O) groups is 1. The zero-order valence-corrected chi connectivity index (χ0v) is 18.9. The van der Waals surface area contributed by atoms with E-state index in [0.717, 1.165) is 16.7 Å². The fourth-order valence-electron chi connectivity index (χ4n) is 5.04. The van der Waals surface area contributed by atoms with Gasteiger partial charge in [0.1, 0.15) is 5.69 Å². The zero-order valence-electron chi connectivity index (χ0n) is 18.9. The molecule has 2 bridgehead atoms. The van der Waals surface area contributed by atoms with Crippen LogP contribution in [0.25, 0.3) is 5.69 Å². The van der Waals surface area contributed by atoms with Crippen molar-refractivity contribution in [3.63, 3.8) is 0 Å². The van der Waals surface area contributed by atoms with E-state index in [4.69, 9.17) is 9.47 Å². The molecule has 2 aromatic carbocycles. The molecule has 1 saturated heterocycles. The maximum atomic E-state index is 13.2. The summed E-state index contributed by atoms with van der Waals surface area (Å²) in [5.74, 6) is 0.374. The number of hydrogen-bond donors (Lipinski definition) is 1. The number of carbonyl (C=O) groups excluding carboxylic acids is 1. The fourth-order valence-corrected chi connectivity index (χ4v) is 5.04. The molecule has 3 heterocycles. The number of rotatable bonds is 5. The molecule has 0 unspecified atom stereocenters. The number of nitrogens with zero attached hydrogens (tertiary/aromatic N) is 3. The normalized spacial score (nSPS) is 18.6. The number of halogens is 3. The van der Waals surface area contributed by atoms with E-state index in [2.05, 4.69) is 0 Å². The summed E-state index contributed by atoms with van der Waals surface area (Å²) in [6.07, 6.45) is -4.06. The summed E-state index contributed by atoms with van der Waals surface area (Å²) in [6, 6.07) is 8.48. The fraction of sp³-hybridized carbons (Fsp3) is 0.333. The van der Waals surface area contributed by atoms with Gasteiger partial charge in [-0.05, 0) is 42.3 Å². The van der Waals surface area contributed by atoms with Gasteiger partial charge in [-0.1, -0.05) is 12.1 Å². The number of methoxy groups -OCH3 is 2. The molecule has 2 aliphatic rings. The number of ether oxygens (including phenoxy) is 2. The van der Waals surface area contributed by atoms with Crippen molar-refractivity contribution in [2.24, 2.45) is 0 Å². The molecule has 1 N–H and O–H groups in total. The number of aromatic nitrogens is 2. The highest BCUT2D eigenvalue weighted by Crippen LogP contribution is 2.49. The van der Waals surface area contributed by atoms with Crippen LogP contribution in [0.5, 0.6) is 17.4 Å². The zero-order chi connectivity index (χ0) is 25.1. The lowest BCUT2D eigenvalue weighted by molar-refractivity contribution is -0.137. The average Bonchev–Trinajstić information content (AvgIpc) is 3.49. The smallest absolute Gasteiger partial charge is 0.416 e. The number of hydrogen-bond acceptors (Lipinski definition) is 5. The molecule has 1 aromatic heterocycles. The lowest BCUT2D eigenvalue weighted by Crippen LogP contribution is -2.38. The molecule has 2 atom stereocenters. The van der Waals surface area contributed by atoms with Crippen molar-refractivity contribution in [2.45, 2.75) is 31.1 Å². The van der Waals surface area contributed by atoms with Gasteiger partial charge in [0.15, 0.2) is 11.5 Å². The van der Waals surface area contributed by atoms with Crippen LogP contribution in [-0.2, 0) is 17.4 Å². The Balaban J connectivity index is 1.45. The highest BCUT2D eigenvalue weighted by atomic mass is 19.4. The highest BCUT2D eigenvalue weighted by Gasteiger charge is 2.49. The van der Waals surface area contributed by atoms with Crippen molar-refractivity contribution in [1.82, 2.24) is 14.0 Å². The number of alkyl halides is 3. The lowest BCUT2D eigenvalue weighted by atomic mass is 10.1. The lowest BCUT2D eigenvalue weighted by Gasteiger charge is -2.28. The van der Waals surface area contributed by atoms with Crippen molar-refractivity contribution in [1.29, 1.82) is 0 Å². The van der Waals surface area contributed by atoms with Gasteiger partial charge in [-0.2, -0.15) is 13.2 Å². The summed E-state index contributed by atoms with van der Waals surface area (Å²) in [7, 11) is 3.02. The van der Waals surface area contributed by atoms with Crippen molar-refractivity contribution < 1.29 is 32.5 Å². The third kappa shape index (κ3) is 3.62. The number of benzene rings is 2. The maximum absolute atomic E-state index is 13.2. The third-order valence-electron chi connectivity index (χ3n) is 6.61. The molecule has 0 saturated carbocycles. The van der Waals surface area contributed by atoms with Crippen LogP contribution in [-0.4, -0.2) is 45.8 Å². The molecule has 11 heteroatoms. The van der Waals surface area contributed by atoms with Crippen LogP contribution >= 0.6 is 0 Å². The Morgan fingerprint density at radius 3 is 2.54 bits per heavy atom. The first-order chi connectivity index (χ1) is 16.6. The van der Waals surface area contributed by atoms with Gasteiger partial charge in [-0.25, -0.2) is 9.36 Å². The second-order valence-electron chi connectivity index (χ2n) is 8.56. The Kier molecular flexibility index (Phi) is 5.30. The Morgan fingerprint density at radius 1 is 1.11 bits per heavy atom. The molecule has 35 heavy (non-hydrogen) atoms. The first-order valence-electron chi connectivity index (χ1n) is 10.9. The van der Waals surface area contributed by atoms with Gasteiger partial charge < -0.3 is 19.5 Å². The molecule has 3 aromatic rings. The molecule has 0 aliphatic carbocycles. The van der Waals surface area contributed by atoms with Crippen LogP contribution in [0.2, 0.25) is 0 Å². The highest BCUT2D eigenvalue weighted by molar-refractivity contribution is 5.80. The number of imidazole rings is 1. The van der Waals surface area contributed by atoms with Gasteiger partial charge in [0.25, 0.3) is 0 Å². The molecular formula is C24H22F3N3O5. The molecule has 0 spiro atoms. The van der Waals surface area contributed by atoms with Crippen LogP contribution in [0.4, 0.5) is 13.2 Å². The standard InChI is InChI=1S/C24H22F3N3O5/c1-34-18-7-6-13(8-19(18)35-2)9-20(31)28-12-16-11-17(28)21-22(32)30(23(33)29(16)21)15-5-3-4-14(10-15)24(25,26)27/h3-8,10,16-17,32H,9,11-12H2,1-2H3/t16-,17-/m0/s1. The Bertz CT molecular complexity index is 1380. The molecule has 184 valence electrons. The molecule has 1 amide bonds. The number of aromatic hydroxyl groups is 1. The van der Waals surface area contributed by atoms with E-state index in [1.165, 1.54) is 30.9 Å². The van der Waals surface area contributed by atoms with Gasteiger partial charge >= 0.3 is 11.9 Å². The van der Waals surface area contributed by atoms with E-state index < -0.39 is 29.4 Å². The molecule has 5 rings (SSSR count). The summed E-state index contributed by atoms with van der Waals surface area (Å²) in [4.78, 5) is 27.8. The average molecular weight is 489 g/mol. The van der Waals surface area contributed by atoms with Gasteiger partial charge in [-0.15, -0.1) is 0 Å². The van der Waals surface area contributed by atoms with E-state index in [9.17, 15) is 27.9 Å². The molecule has 8 nitrogen and oxygen atoms in total. The topological polar surface area (TPSA) is 85.9 Å². The quantitative estimate of drug-likeness (QED) is 0.594. The SMILES string of the molecule is COc1ccc(CC(=O)N2C[C@@H]3C[C@H]2c2c(O)n(-c4cccc(C(F)(F)F)c4)c(=O)n23)cc1OC. The van der Waals surface area contributed by atoms with E-state index in [1.54, 1.807) is 23.1 Å². The maximum Gasteiger partial charge on any atom is 0.416 e. The summed E-state index contributed by atoms with van der Waals surface area (Å²) in [5.41, 5.74) is -0.701. The third-order valence-corrected chi connectivity index (χ3v) is 6.61. The summed E-state index contributed by atoms with van der Waals surface area (Å²) >= 11 is 0. The minimum atomic E-state index is -4.59. The first-order valence-corrected chi connectivity index (χ1v) is 10.9.